The first-order valence-electron chi connectivity index (χ1n) is 7.51. The highest BCUT2D eigenvalue weighted by atomic mass is 16.5. The number of para-hydroxylation sites is 1. The summed E-state index contributed by atoms with van der Waals surface area (Å²) < 4.78 is 10.9. The van der Waals surface area contributed by atoms with Crippen LogP contribution in [-0.4, -0.2) is 36.9 Å². The number of aliphatic hydroxyl groups excluding tert-OH is 1. The standard InChI is InChI=1S/C17H23NO4/c1-11(2)9-21-10-13(19)8-18-17(20)16-12(3)14-6-4-5-7-15(14)22-16/h4-7,11,13,19H,8-10H2,1-3H3,(H,18,20). The monoisotopic (exact) mass is 305 g/mol. The maximum Gasteiger partial charge on any atom is 0.287 e. The minimum atomic E-state index is -0.729. The van der Waals surface area contributed by atoms with E-state index in [1.165, 1.54) is 0 Å². The molecule has 2 N–H and O–H groups in total. The number of aliphatic hydroxyl groups is 1. The SMILES string of the molecule is Cc1c(C(=O)NCC(O)COCC(C)C)oc2ccccc12. The van der Waals surface area contributed by atoms with Crippen molar-refractivity contribution in [2.45, 2.75) is 26.9 Å². The van der Waals surface area contributed by atoms with Crippen molar-refractivity contribution in [2.75, 3.05) is 19.8 Å². The van der Waals surface area contributed by atoms with Crippen LogP contribution in [0.1, 0.15) is 30.0 Å². The average Bonchev–Trinajstić information content (AvgIpc) is 2.82. The van der Waals surface area contributed by atoms with Crippen LogP contribution in [0.4, 0.5) is 0 Å². The second-order valence-electron chi connectivity index (χ2n) is 5.85. The molecule has 2 aromatic rings. The molecule has 0 saturated heterocycles. The molecule has 1 aromatic heterocycles. The highest BCUT2D eigenvalue weighted by Gasteiger charge is 2.18. The van der Waals surface area contributed by atoms with Crippen LogP contribution >= 0.6 is 0 Å². The van der Waals surface area contributed by atoms with Crippen LogP contribution in [0.3, 0.4) is 0 Å². The molecule has 0 aliphatic rings. The summed E-state index contributed by atoms with van der Waals surface area (Å²) in [5, 5.41) is 13.4. The molecule has 0 fully saturated rings. The number of carbonyl (C=O) groups is 1. The van der Waals surface area contributed by atoms with Crippen LogP contribution < -0.4 is 5.32 Å². The van der Waals surface area contributed by atoms with Gasteiger partial charge in [-0.1, -0.05) is 32.0 Å². The van der Waals surface area contributed by atoms with Gasteiger partial charge in [0.15, 0.2) is 5.76 Å². The van der Waals surface area contributed by atoms with Gasteiger partial charge in [-0.15, -0.1) is 0 Å². The zero-order valence-electron chi connectivity index (χ0n) is 13.3. The van der Waals surface area contributed by atoms with Crippen LogP contribution in [0.2, 0.25) is 0 Å². The van der Waals surface area contributed by atoms with Crippen molar-refractivity contribution in [1.29, 1.82) is 0 Å². The Labute approximate surface area is 130 Å². The molecule has 22 heavy (non-hydrogen) atoms. The van der Waals surface area contributed by atoms with Crippen molar-refractivity contribution in [3.05, 3.63) is 35.6 Å². The van der Waals surface area contributed by atoms with Gasteiger partial charge in [0.2, 0.25) is 0 Å². The fourth-order valence-electron chi connectivity index (χ4n) is 2.18. The Morgan fingerprint density at radius 1 is 1.32 bits per heavy atom. The molecule has 1 unspecified atom stereocenters. The summed E-state index contributed by atoms with van der Waals surface area (Å²) in [6.45, 7) is 6.86. The van der Waals surface area contributed by atoms with Crippen LogP contribution in [0, 0.1) is 12.8 Å². The van der Waals surface area contributed by atoms with Gasteiger partial charge >= 0.3 is 0 Å². The third-order valence-electron chi connectivity index (χ3n) is 3.31. The summed E-state index contributed by atoms with van der Waals surface area (Å²) in [6.07, 6.45) is -0.729. The molecule has 0 spiro atoms. The van der Waals surface area contributed by atoms with Crippen LogP contribution in [0.5, 0.6) is 0 Å². The first-order valence-corrected chi connectivity index (χ1v) is 7.51. The van der Waals surface area contributed by atoms with Gasteiger partial charge in [0, 0.05) is 24.1 Å². The highest BCUT2D eigenvalue weighted by molar-refractivity contribution is 5.98. The molecule has 0 aliphatic carbocycles. The topological polar surface area (TPSA) is 71.7 Å². The summed E-state index contributed by atoms with van der Waals surface area (Å²) in [6, 6.07) is 7.51. The number of benzene rings is 1. The van der Waals surface area contributed by atoms with Gasteiger partial charge in [-0.25, -0.2) is 0 Å². The third-order valence-corrected chi connectivity index (χ3v) is 3.31. The molecular formula is C17H23NO4. The number of nitrogens with one attached hydrogen (secondary N) is 1. The van der Waals surface area contributed by atoms with Crippen molar-refractivity contribution in [2.24, 2.45) is 5.92 Å². The normalized spacial score (nSPS) is 12.8. The lowest BCUT2D eigenvalue weighted by Crippen LogP contribution is -2.34. The zero-order chi connectivity index (χ0) is 16.1. The average molecular weight is 305 g/mol. The number of carbonyl (C=O) groups excluding carboxylic acids is 1. The molecule has 0 bridgehead atoms. The first-order chi connectivity index (χ1) is 10.5. The van der Waals surface area contributed by atoms with E-state index in [4.69, 9.17) is 9.15 Å². The molecule has 1 heterocycles. The summed E-state index contributed by atoms with van der Waals surface area (Å²) in [5.41, 5.74) is 1.49. The number of furan rings is 1. The molecule has 1 aromatic carbocycles. The smallest absolute Gasteiger partial charge is 0.287 e. The molecule has 1 amide bonds. The second kappa shape index (κ2) is 7.42. The van der Waals surface area contributed by atoms with Gasteiger partial charge in [-0.3, -0.25) is 4.79 Å². The largest absolute Gasteiger partial charge is 0.451 e. The van der Waals surface area contributed by atoms with E-state index in [9.17, 15) is 9.90 Å². The van der Waals surface area contributed by atoms with Gasteiger partial charge in [0.05, 0.1) is 12.7 Å². The Balaban J connectivity index is 1.90. The second-order valence-corrected chi connectivity index (χ2v) is 5.85. The number of ether oxygens (including phenoxy) is 1. The van der Waals surface area contributed by atoms with Gasteiger partial charge in [-0.05, 0) is 18.9 Å². The molecule has 1 atom stereocenters. The Morgan fingerprint density at radius 2 is 2.05 bits per heavy atom. The van der Waals surface area contributed by atoms with Crippen LogP contribution in [0.15, 0.2) is 28.7 Å². The number of fused-ring (bicyclic) bond motifs is 1. The van der Waals surface area contributed by atoms with Crippen LogP contribution in [0.25, 0.3) is 11.0 Å². The summed E-state index contributed by atoms with van der Waals surface area (Å²) in [5.74, 6) is 0.382. The number of hydrogen-bond donors (Lipinski definition) is 2. The number of amides is 1. The molecular weight excluding hydrogens is 282 g/mol. The molecule has 120 valence electrons. The molecule has 0 radical (unpaired) electrons. The Bertz CT molecular complexity index is 633. The predicted molar refractivity (Wildman–Crippen MR) is 84.9 cm³/mol. The number of rotatable bonds is 7. The summed E-state index contributed by atoms with van der Waals surface area (Å²) >= 11 is 0. The Kier molecular flexibility index (Phi) is 5.57. The maximum atomic E-state index is 12.2. The van der Waals surface area contributed by atoms with Gasteiger partial charge in [0.1, 0.15) is 5.58 Å². The quantitative estimate of drug-likeness (QED) is 0.824. The predicted octanol–water partition coefficient (Wildman–Crippen LogP) is 2.50. The van der Waals surface area contributed by atoms with Crippen molar-refractivity contribution in [1.82, 2.24) is 5.32 Å². The Morgan fingerprint density at radius 3 is 2.73 bits per heavy atom. The van der Waals surface area contributed by atoms with E-state index in [1.807, 2.05) is 45.0 Å². The summed E-state index contributed by atoms with van der Waals surface area (Å²) in [7, 11) is 0. The van der Waals surface area contributed by atoms with Gasteiger partial charge in [-0.2, -0.15) is 0 Å². The molecule has 0 aliphatic heterocycles. The van der Waals surface area contributed by atoms with E-state index in [2.05, 4.69) is 5.32 Å². The third kappa shape index (κ3) is 4.08. The Hall–Kier alpha value is -1.85. The maximum absolute atomic E-state index is 12.2. The lowest BCUT2D eigenvalue weighted by molar-refractivity contribution is 0.0257. The van der Waals surface area contributed by atoms with Crippen LogP contribution in [-0.2, 0) is 4.74 Å². The van der Waals surface area contributed by atoms with Crippen molar-refractivity contribution < 1.29 is 19.1 Å². The molecule has 0 saturated carbocycles. The van der Waals surface area contributed by atoms with Crippen molar-refractivity contribution >= 4 is 16.9 Å². The highest BCUT2D eigenvalue weighted by Crippen LogP contribution is 2.24. The van der Waals surface area contributed by atoms with E-state index in [-0.39, 0.29) is 24.8 Å². The van der Waals surface area contributed by atoms with E-state index >= 15 is 0 Å². The van der Waals surface area contributed by atoms with E-state index in [0.717, 1.165) is 10.9 Å². The first kappa shape index (κ1) is 16.5. The lowest BCUT2D eigenvalue weighted by Gasteiger charge is -2.13. The fourth-order valence-corrected chi connectivity index (χ4v) is 2.18. The lowest BCUT2D eigenvalue weighted by atomic mass is 10.1. The van der Waals surface area contributed by atoms with E-state index < -0.39 is 6.10 Å². The van der Waals surface area contributed by atoms with E-state index in [0.29, 0.717) is 18.1 Å². The molecule has 5 nitrogen and oxygen atoms in total. The molecule has 5 heteroatoms. The molecule has 2 rings (SSSR count). The number of hydrogen-bond acceptors (Lipinski definition) is 4. The minimum Gasteiger partial charge on any atom is -0.451 e. The summed E-state index contributed by atoms with van der Waals surface area (Å²) in [4.78, 5) is 12.2. The van der Waals surface area contributed by atoms with Crippen molar-refractivity contribution in [3.63, 3.8) is 0 Å². The van der Waals surface area contributed by atoms with Gasteiger partial charge < -0.3 is 19.6 Å². The number of aryl methyl sites for hydroxylation is 1. The van der Waals surface area contributed by atoms with Gasteiger partial charge in [0.25, 0.3) is 5.91 Å². The fraction of sp³-hybridized carbons (Fsp3) is 0.471. The zero-order valence-corrected chi connectivity index (χ0v) is 13.3. The van der Waals surface area contributed by atoms with Crippen molar-refractivity contribution in [3.8, 4) is 0 Å². The minimum absolute atomic E-state index is 0.132. The van der Waals surface area contributed by atoms with E-state index in [1.54, 1.807) is 0 Å².